The van der Waals surface area contributed by atoms with Crippen LogP contribution in [0.25, 0.3) is 16.6 Å². The quantitative estimate of drug-likeness (QED) is 0.517. The summed E-state index contributed by atoms with van der Waals surface area (Å²) in [6.07, 6.45) is 0.423. The number of aryl methyl sites for hydroxylation is 3. The maximum Gasteiger partial charge on any atom is 0.278 e. The number of nitrogens with one attached hydrogen (secondary N) is 1. The van der Waals surface area contributed by atoms with Gasteiger partial charge in [-0.05, 0) is 51.5 Å². The molecular weight excluding hydrogens is 394 g/mol. The van der Waals surface area contributed by atoms with Gasteiger partial charge in [-0.1, -0.05) is 25.1 Å². The van der Waals surface area contributed by atoms with Crippen molar-refractivity contribution in [3.8, 4) is 5.69 Å². The molecule has 1 amide bonds. The zero-order valence-electron chi connectivity index (χ0n) is 18.0. The first-order chi connectivity index (χ1) is 14.9. The lowest BCUT2D eigenvalue weighted by Crippen LogP contribution is -2.38. The van der Waals surface area contributed by atoms with Gasteiger partial charge in [-0.15, -0.1) is 0 Å². The van der Waals surface area contributed by atoms with Crippen LogP contribution in [0.3, 0.4) is 0 Å². The molecule has 160 valence electrons. The van der Waals surface area contributed by atoms with Crippen molar-refractivity contribution < 1.29 is 9.21 Å². The zero-order valence-corrected chi connectivity index (χ0v) is 18.0. The molecule has 0 fully saturated rings. The first kappa shape index (κ1) is 20.6. The lowest BCUT2D eigenvalue weighted by atomic mass is 10.2. The molecule has 0 bridgehead atoms. The number of carbonyl (C=O) groups excluding carboxylic acids is 1. The number of para-hydroxylation sites is 1. The Hall–Kier alpha value is -3.68. The maximum absolute atomic E-state index is 13.4. The van der Waals surface area contributed by atoms with Crippen LogP contribution in [0.5, 0.6) is 0 Å². The van der Waals surface area contributed by atoms with Gasteiger partial charge in [-0.2, -0.15) is 10.2 Å². The predicted molar refractivity (Wildman–Crippen MR) is 117 cm³/mol. The Morgan fingerprint density at radius 1 is 1.10 bits per heavy atom. The molecule has 0 radical (unpaired) electrons. The highest BCUT2D eigenvalue weighted by Crippen LogP contribution is 2.21. The Kier molecular flexibility index (Phi) is 5.46. The third kappa shape index (κ3) is 3.76. The van der Waals surface area contributed by atoms with Crippen molar-refractivity contribution in [2.75, 3.05) is 0 Å². The second kappa shape index (κ2) is 8.22. The number of hydrogen-bond donors (Lipinski definition) is 1. The highest BCUT2D eigenvalue weighted by molar-refractivity contribution is 5.84. The predicted octanol–water partition coefficient (Wildman–Crippen LogP) is 3.37. The van der Waals surface area contributed by atoms with Gasteiger partial charge in [0.1, 0.15) is 23.1 Å². The van der Waals surface area contributed by atoms with Crippen molar-refractivity contribution in [1.29, 1.82) is 0 Å². The molecule has 4 rings (SSSR count). The fraction of sp³-hybridized carbons (Fsp3) is 0.304. The van der Waals surface area contributed by atoms with E-state index in [1.165, 1.54) is 4.68 Å². The molecule has 8 heteroatoms. The van der Waals surface area contributed by atoms with Crippen molar-refractivity contribution in [2.45, 2.75) is 46.7 Å². The summed E-state index contributed by atoms with van der Waals surface area (Å²) in [5.41, 5.74) is 2.40. The zero-order chi connectivity index (χ0) is 22.1. The molecule has 0 aliphatic heterocycles. The first-order valence-electron chi connectivity index (χ1n) is 10.3. The van der Waals surface area contributed by atoms with Crippen molar-refractivity contribution >= 4 is 16.8 Å². The van der Waals surface area contributed by atoms with Crippen LogP contribution < -0.4 is 10.9 Å². The fourth-order valence-corrected chi connectivity index (χ4v) is 3.75. The van der Waals surface area contributed by atoms with Gasteiger partial charge in [0.05, 0.1) is 29.0 Å². The summed E-state index contributed by atoms with van der Waals surface area (Å²) in [4.78, 5) is 26.3. The molecule has 0 spiro atoms. The number of carbonyl (C=O) groups is 1. The highest BCUT2D eigenvalue weighted by Gasteiger charge is 2.25. The van der Waals surface area contributed by atoms with Crippen molar-refractivity contribution in [3.63, 3.8) is 0 Å². The number of aromatic nitrogens is 4. The molecule has 4 aromatic rings. The minimum atomic E-state index is -0.730. The van der Waals surface area contributed by atoms with E-state index in [9.17, 15) is 9.59 Å². The Morgan fingerprint density at radius 2 is 1.84 bits per heavy atom. The van der Waals surface area contributed by atoms with E-state index in [4.69, 9.17) is 4.42 Å². The molecule has 0 saturated carbocycles. The summed E-state index contributed by atoms with van der Waals surface area (Å²) in [5.74, 6) is 1.16. The SMILES string of the molecule is CC[C@H](C(=O)NCc1ccc(C)o1)n1nc(C)c2nn(-c3ccccc3)c(C)c2c1=O. The highest BCUT2D eigenvalue weighted by atomic mass is 16.3. The molecule has 3 heterocycles. The molecule has 31 heavy (non-hydrogen) atoms. The van der Waals surface area contributed by atoms with Crippen LogP contribution in [0.4, 0.5) is 0 Å². The van der Waals surface area contributed by atoms with Gasteiger partial charge in [0.25, 0.3) is 5.56 Å². The monoisotopic (exact) mass is 419 g/mol. The summed E-state index contributed by atoms with van der Waals surface area (Å²) >= 11 is 0. The lowest BCUT2D eigenvalue weighted by Gasteiger charge is -2.17. The van der Waals surface area contributed by atoms with Crippen LogP contribution in [0, 0.1) is 20.8 Å². The van der Waals surface area contributed by atoms with Crippen LogP contribution in [-0.2, 0) is 11.3 Å². The second-order valence-electron chi connectivity index (χ2n) is 7.55. The van der Waals surface area contributed by atoms with Gasteiger partial charge in [0.2, 0.25) is 5.91 Å². The Labute approximate surface area is 179 Å². The van der Waals surface area contributed by atoms with Gasteiger partial charge < -0.3 is 9.73 Å². The van der Waals surface area contributed by atoms with Gasteiger partial charge in [0.15, 0.2) is 0 Å². The van der Waals surface area contributed by atoms with E-state index in [-0.39, 0.29) is 18.0 Å². The van der Waals surface area contributed by atoms with E-state index in [1.807, 2.05) is 63.2 Å². The van der Waals surface area contributed by atoms with Gasteiger partial charge in [-0.3, -0.25) is 9.59 Å². The van der Waals surface area contributed by atoms with E-state index < -0.39 is 6.04 Å². The third-order valence-corrected chi connectivity index (χ3v) is 5.36. The number of hydrogen-bond acceptors (Lipinski definition) is 5. The molecule has 3 aromatic heterocycles. The van der Waals surface area contributed by atoms with E-state index in [0.717, 1.165) is 11.4 Å². The van der Waals surface area contributed by atoms with Crippen molar-refractivity contribution in [3.05, 3.63) is 75.7 Å². The summed E-state index contributed by atoms with van der Waals surface area (Å²) in [7, 11) is 0. The average Bonchev–Trinajstić information content (AvgIpc) is 3.34. The van der Waals surface area contributed by atoms with E-state index >= 15 is 0 Å². The standard InChI is InChI=1S/C23H25N5O3/c1-5-19(22(29)24-13-18-12-11-14(2)31-18)28-23(30)20-16(4)27(17-9-7-6-8-10-17)26-21(20)15(3)25-28/h6-12,19H,5,13H2,1-4H3,(H,24,29)/t19-/m1/s1. The lowest BCUT2D eigenvalue weighted by molar-refractivity contribution is -0.125. The topological polar surface area (TPSA) is 94.9 Å². The first-order valence-corrected chi connectivity index (χ1v) is 10.3. The van der Waals surface area contributed by atoms with E-state index in [2.05, 4.69) is 15.5 Å². The minimum absolute atomic E-state index is 0.254. The smallest absolute Gasteiger partial charge is 0.278 e. The van der Waals surface area contributed by atoms with Crippen LogP contribution in [-0.4, -0.2) is 25.5 Å². The number of benzene rings is 1. The molecule has 0 saturated heterocycles. The van der Waals surface area contributed by atoms with Crippen LogP contribution >= 0.6 is 0 Å². The number of nitrogens with zero attached hydrogens (tertiary/aromatic N) is 4. The molecule has 8 nitrogen and oxygen atoms in total. The Morgan fingerprint density at radius 3 is 2.48 bits per heavy atom. The van der Waals surface area contributed by atoms with Crippen molar-refractivity contribution in [1.82, 2.24) is 24.9 Å². The fourth-order valence-electron chi connectivity index (χ4n) is 3.75. The molecule has 1 atom stereocenters. The molecule has 1 aromatic carbocycles. The Balaban J connectivity index is 1.72. The normalized spacial score (nSPS) is 12.3. The molecule has 0 aliphatic carbocycles. The number of furan rings is 1. The van der Waals surface area contributed by atoms with E-state index in [1.54, 1.807) is 11.6 Å². The summed E-state index contributed by atoms with van der Waals surface area (Å²) in [6.45, 7) is 7.61. The molecule has 0 aliphatic rings. The summed E-state index contributed by atoms with van der Waals surface area (Å²) in [5, 5.41) is 12.4. The van der Waals surface area contributed by atoms with Crippen molar-refractivity contribution in [2.24, 2.45) is 0 Å². The minimum Gasteiger partial charge on any atom is -0.465 e. The van der Waals surface area contributed by atoms with Crippen LogP contribution in [0.2, 0.25) is 0 Å². The average molecular weight is 419 g/mol. The van der Waals surface area contributed by atoms with E-state index in [0.29, 0.717) is 34.5 Å². The van der Waals surface area contributed by atoms with Crippen LogP contribution in [0.1, 0.15) is 42.3 Å². The summed E-state index contributed by atoms with van der Waals surface area (Å²) < 4.78 is 8.53. The number of rotatable bonds is 6. The molecule has 0 unspecified atom stereocenters. The molecular formula is C23H25N5O3. The summed E-state index contributed by atoms with van der Waals surface area (Å²) in [6, 6.07) is 12.6. The van der Waals surface area contributed by atoms with Gasteiger partial charge in [0, 0.05) is 0 Å². The number of fused-ring (bicyclic) bond motifs is 1. The second-order valence-corrected chi connectivity index (χ2v) is 7.55. The van der Waals surface area contributed by atoms with Gasteiger partial charge in [-0.25, -0.2) is 9.36 Å². The largest absolute Gasteiger partial charge is 0.465 e. The van der Waals surface area contributed by atoms with Crippen LogP contribution in [0.15, 0.2) is 51.7 Å². The van der Waals surface area contributed by atoms with Gasteiger partial charge >= 0.3 is 0 Å². The number of amides is 1. The molecule has 1 N–H and O–H groups in total. The maximum atomic E-state index is 13.4. The third-order valence-electron chi connectivity index (χ3n) is 5.36. The Bertz CT molecular complexity index is 1300.